The van der Waals surface area contributed by atoms with Crippen LogP contribution in [0, 0.1) is 24.7 Å². The highest BCUT2D eigenvalue weighted by Gasteiger charge is 2.52. The third kappa shape index (κ3) is 1.42. The van der Waals surface area contributed by atoms with Crippen LogP contribution in [0.1, 0.15) is 49.8 Å². The molecule has 0 atom stereocenters. The van der Waals surface area contributed by atoms with Gasteiger partial charge in [0.25, 0.3) is 0 Å². The van der Waals surface area contributed by atoms with Gasteiger partial charge in [-0.1, -0.05) is 0 Å². The minimum atomic E-state index is 0.392. The fourth-order valence-electron chi connectivity index (χ4n) is 5.45. The lowest BCUT2D eigenvalue weighted by Crippen LogP contribution is -2.49. The molecule has 3 heteroatoms. The first kappa shape index (κ1) is 10.8. The molecule has 2 N–H and O–H groups in total. The molecular formula is C15H21N3. The Morgan fingerprint density at radius 3 is 2.17 bits per heavy atom. The zero-order chi connectivity index (χ0) is 12.3. The Hall–Kier alpha value is -1.12. The zero-order valence-electron chi connectivity index (χ0n) is 11.0. The summed E-state index contributed by atoms with van der Waals surface area (Å²) < 4.78 is 0. The average molecular weight is 243 g/mol. The van der Waals surface area contributed by atoms with Crippen molar-refractivity contribution in [3.8, 4) is 0 Å². The molecule has 0 amide bonds. The van der Waals surface area contributed by atoms with E-state index >= 15 is 0 Å². The van der Waals surface area contributed by atoms with E-state index in [2.05, 4.69) is 23.2 Å². The van der Waals surface area contributed by atoms with Crippen LogP contribution in [0.2, 0.25) is 0 Å². The number of anilines is 1. The van der Waals surface area contributed by atoms with Crippen LogP contribution in [-0.4, -0.2) is 10.2 Å². The molecule has 4 aliphatic rings. The van der Waals surface area contributed by atoms with Gasteiger partial charge in [-0.3, -0.25) is 0 Å². The molecule has 0 aliphatic heterocycles. The molecule has 4 bridgehead atoms. The third-order valence-corrected chi connectivity index (χ3v) is 5.61. The molecule has 0 unspecified atom stereocenters. The fraction of sp³-hybridized carbons (Fsp3) is 0.733. The average Bonchev–Trinajstić information content (AvgIpc) is 2.30. The lowest BCUT2D eigenvalue weighted by molar-refractivity contribution is -0.00568. The topological polar surface area (TPSA) is 51.8 Å². The van der Waals surface area contributed by atoms with Crippen molar-refractivity contribution >= 4 is 5.82 Å². The molecule has 0 radical (unpaired) electrons. The highest BCUT2D eigenvalue weighted by molar-refractivity contribution is 5.39. The van der Waals surface area contributed by atoms with Gasteiger partial charge in [-0.2, -0.15) is 5.10 Å². The summed E-state index contributed by atoms with van der Waals surface area (Å²) >= 11 is 0. The first-order valence-electron chi connectivity index (χ1n) is 7.25. The highest BCUT2D eigenvalue weighted by atomic mass is 15.1. The first-order valence-corrected chi connectivity index (χ1v) is 7.25. The summed E-state index contributed by atoms with van der Waals surface area (Å²) in [6.45, 7) is 2.10. The summed E-state index contributed by atoms with van der Waals surface area (Å²) in [5.74, 6) is 3.48. The van der Waals surface area contributed by atoms with Gasteiger partial charge in [0.15, 0.2) is 0 Å². The summed E-state index contributed by atoms with van der Waals surface area (Å²) in [6.07, 6.45) is 8.53. The maximum absolute atomic E-state index is 5.87. The van der Waals surface area contributed by atoms with Crippen LogP contribution in [0.3, 0.4) is 0 Å². The maximum atomic E-state index is 5.87. The number of hydrogen-bond acceptors (Lipinski definition) is 3. The zero-order valence-corrected chi connectivity index (χ0v) is 11.0. The Kier molecular flexibility index (Phi) is 2.07. The summed E-state index contributed by atoms with van der Waals surface area (Å²) in [5, 5.41) is 8.26. The minimum Gasteiger partial charge on any atom is -0.382 e. The van der Waals surface area contributed by atoms with Crippen LogP contribution in [0.25, 0.3) is 0 Å². The fourth-order valence-corrected chi connectivity index (χ4v) is 5.45. The highest BCUT2D eigenvalue weighted by Crippen LogP contribution is 2.61. The van der Waals surface area contributed by atoms with Gasteiger partial charge < -0.3 is 5.73 Å². The van der Waals surface area contributed by atoms with E-state index in [0.29, 0.717) is 11.2 Å². The van der Waals surface area contributed by atoms with E-state index in [1.165, 1.54) is 44.1 Å². The number of rotatable bonds is 1. The van der Waals surface area contributed by atoms with E-state index in [4.69, 9.17) is 5.73 Å². The molecule has 4 aliphatic carbocycles. The Labute approximate surface area is 108 Å². The molecule has 4 saturated carbocycles. The Morgan fingerprint density at radius 2 is 1.61 bits per heavy atom. The van der Waals surface area contributed by atoms with Crippen molar-refractivity contribution in [1.82, 2.24) is 10.2 Å². The standard InChI is InChI=1S/C15H21N3/c1-9-13(5-14(16)18-17-9)15-6-10-2-11(7-15)4-12(3-10)8-15/h5,10-12H,2-4,6-8H2,1H3,(H2,16,18). The van der Waals surface area contributed by atoms with Gasteiger partial charge in [0.2, 0.25) is 0 Å². The van der Waals surface area contributed by atoms with Gasteiger partial charge in [0, 0.05) is 0 Å². The molecule has 1 aromatic heterocycles. The Balaban J connectivity index is 1.81. The van der Waals surface area contributed by atoms with E-state index in [0.717, 1.165) is 23.4 Å². The van der Waals surface area contributed by atoms with Crippen molar-refractivity contribution in [3.05, 3.63) is 17.3 Å². The second-order valence-electron chi connectivity index (χ2n) is 6.97. The number of nitrogens with two attached hydrogens (primary N) is 1. The molecule has 1 aromatic rings. The molecule has 3 nitrogen and oxygen atoms in total. The molecule has 0 aromatic carbocycles. The second-order valence-corrected chi connectivity index (χ2v) is 6.97. The molecule has 1 heterocycles. The van der Waals surface area contributed by atoms with Crippen molar-refractivity contribution in [3.63, 3.8) is 0 Å². The smallest absolute Gasteiger partial charge is 0.146 e. The monoisotopic (exact) mass is 243 g/mol. The van der Waals surface area contributed by atoms with Crippen molar-refractivity contribution in [2.24, 2.45) is 17.8 Å². The number of aryl methyl sites for hydroxylation is 1. The number of nitrogens with zero attached hydrogens (tertiary/aromatic N) is 2. The van der Waals surface area contributed by atoms with Crippen molar-refractivity contribution in [2.75, 3.05) is 5.73 Å². The van der Waals surface area contributed by atoms with Crippen LogP contribution in [0.5, 0.6) is 0 Å². The van der Waals surface area contributed by atoms with E-state index < -0.39 is 0 Å². The third-order valence-electron chi connectivity index (χ3n) is 5.61. The van der Waals surface area contributed by atoms with E-state index in [1.807, 2.05) is 0 Å². The predicted molar refractivity (Wildman–Crippen MR) is 71.0 cm³/mol. The Bertz CT molecular complexity index is 459. The van der Waals surface area contributed by atoms with Gasteiger partial charge in [-0.05, 0) is 80.2 Å². The summed E-state index contributed by atoms with van der Waals surface area (Å²) in [4.78, 5) is 0. The summed E-state index contributed by atoms with van der Waals surface area (Å²) in [7, 11) is 0. The van der Waals surface area contributed by atoms with E-state index in [1.54, 1.807) is 0 Å². The molecule has 96 valence electrons. The van der Waals surface area contributed by atoms with Crippen LogP contribution in [-0.2, 0) is 5.41 Å². The van der Waals surface area contributed by atoms with Crippen molar-refractivity contribution in [2.45, 2.75) is 50.9 Å². The SMILES string of the molecule is Cc1nnc(N)cc1C12CC3CC(CC(C3)C1)C2. The lowest BCUT2D eigenvalue weighted by atomic mass is 9.48. The molecule has 0 saturated heterocycles. The van der Waals surface area contributed by atoms with Crippen molar-refractivity contribution < 1.29 is 0 Å². The molecular weight excluding hydrogens is 222 g/mol. The van der Waals surface area contributed by atoms with Gasteiger partial charge in [-0.25, -0.2) is 0 Å². The quantitative estimate of drug-likeness (QED) is 0.825. The largest absolute Gasteiger partial charge is 0.382 e. The van der Waals surface area contributed by atoms with Gasteiger partial charge in [-0.15, -0.1) is 5.10 Å². The number of nitrogen functional groups attached to an aromatic ring is 1. The molecule has 18 heavy (non-hydrogen) atoms. The summed E-state index contributed by atoms with van der Waals surface area (Å²) in [5.41, 5.74) is 8.78. The summed E-state index contributed by atoms with van der Waals surface area (Å²) in [6, 6.07) is 2.11. The molecule has 0 spiro atoms. The molecule has 4 fully saturated rings. The number of hydrogen-bond donors (Lipinski definition) is 1. The van der Waals surface area contributed by atoms with Crippen LogP contribution >= 0.6 is 0 Å². The van der Waals surface area contributed by atoms with Gasteiger partial charge in [0.1, 0.15) is 5.82 Å². The number of aromatic nitrogens is 2. The van der Waals surface area contributed by atoms with E-state index in [9.17, 15) is 0 Å². The maximum Gasteiger partial charge on any atom is 0.146 e. The van der Waals surface area contributed by atoms with E-state index in [-0.39, 0.29) is 0 Å². The second kappa shape index (κ2) is 3.46. The van der Waals surface area contributed by atoms with Crippen LogP contribution in [0.4, 0.5) is 5.82 Å². The minimum absolute atomic E-state index is 0.392. The van der Waals surface area contributed by atoms with Gasteiger partial charge in [0.05, 0.1) is 5.69 Å². The normalized spacial score (nSPS) is 41.3. The Morgan fingerprint density at radius 1 is 1.06 bits per heavy atom. The van der Waals surface area contributed by atoms with Crippen LogP contribution < -0.4 is 5.73 Å². The predicted octanol–water partition coefficient (Wildman–Crippen LogP) is 2.84. The lowest BCUT2D eigenvalue weighted by Gasteiger charge is -2.57. The first-order chi connectivity index (χ1) is 8.64. The van der Waals surface area contributed by atoms with Gasteiger partial charge >= 0.3 is 0 Å². The van der Waals surface area contributed by atoms with Crippen molar-refractivity contribution in [1.29, 1.82) is 0 Å². The molecule has 5 rings (SSSR count). The van der Waals surface area contributed by atoms with Crippen LogP contribution in [0.15, 0.2) is 6.07 Å².